The number of aromatic carboxylic acids is 1. The Kier molecular flexibility index (Phi) is 3.37. The summed E-state index contributed by atoms with van der Waals surface area (Å²) >= 11 is 0. The van der Waals surface area contributed by atoms with Crippen molar-refractivity contribution in [3.63, 3.8) is 0 Å². The van der Waals surface area contributed by atoms with E-state index >= 15 is 0 Å². The van der Waals surface area contributed by atoms with Crippen LogP contribution in [0.5, 0.6) is 0 Å². The molecule has 1 aliphatic rings. The van der Waals surface area contributed by atoms with Gasteiger partial charge >= 0.3 is 5.97 Å². The molecule has 0 radical (unpaired) electrons. The van der Waals surface area contributed by atoms with Gasteiger partial charge in [-0.15, -0.1) is 0 Å². The minimum absolute atomic E-state index is 0.285. The number of carbonyl (C=O) groups is 1. The molecule has 1 N–H and O–H groups in total. The van der Waals surface area contributed by atoms with E-state index in [9.17, 15) is 9.90 Å². The first kappa shape index (κ1) is 13.6. The van der Waals surface area contributed by atoms with E-state index in [-0.39, 0.29) is 5.56 Å². The molecule has 0 saturated carbocycles. The van der Waals surface area contributed by atoms with E-state index in [0.717, 1.165) is 24.3 Å². The van der Waals surface area contributed by atoms with Crippen molar-refractivity contribution in [2.75, 3.05) is 11.4 Å². The van der Waals surface area contributed by atoms with Gasteiger partial charge in [0, 0.05) is 17.9 Å². The highest BCUT2D eigenvalue weighted by Gasteiger charge is 2.24. The van der Waals surface area contributed by atoms with Crippen molar-refractivity contribution < 1.29 is 9.90 Å². The molecule has 4 nitrogen and oxygen atoms in total. The number of aryl methyl sites for hydroxylation is 1. The Hall–Kier alpha value is -2.36. The minimum atomic E-state index is -0.917. The Bertz CT molecular complexity index is 697. The van der Waals surface area contributed by atoms with Crippen LogP contribution >= 0.6 is 0 Å². The normalized spacial score (nSPS) is 17.4. The first-order chi connectivity index (χ1) is 10.0. The summed E-state index contributed by atoms with van der Waals surface area (Å²) in [7, 11) is 0. The number of anilines is 2. The highest BCUT2D eigenvalue weighted by Crippen LogP contribution is 2.34. The second-order valence-corrected chi connectivity index (χ2v) is 5.71. The zero-order valence-electron chi connectivity index (χ0n) is 12.2. The number of nitrogens with zero attached hydrogens (tertiary/aromatic N) is 2. The number of rotatable bonds is 2. The molecule has 1 aliphatic heterocycles. The van der Waals surface area contributed by atoms with Gasteiger partial charge in [0.25, 0.3) is 0 Å². The van der Waals surface area contributed by atoms with Crippen molar-refractivity contribution in [2.45, 2.75) is 20.3 Å². The predicted molar refractivity (Wildman–Crippen MR) is 82.2 cm³/mol. The van der Waals surface area contributed by atoms with Crippen LogP contribution in [0.2, 0.25) is 0 Å². The van der Waals surface area contributed by atoms with E-state index in [0.29, 0.717) is 11.7 Å². The van der Waals surface area contributed by atoms with Crippen molar-refractivity contribution in [2.24, 2.45) is 5.92 Å². The third kappa shape index (κ3) is 2.61. The maximum Gasteiger partial charge on any atom is 0.335 e. The third-order valence-electron chi connectivity index (χ3n) is 3.81. The van der Waals surface area contributed by atoms with Gasteiger partial charge in [-0.25, -0.2) is 9.78 Å². The molecular formula is C17H18N2O2. The molecule has 0 bridgehead atoms. The number of carboxylic acids is 1. The molecule has 1 aromatic carbocycles. The van der Waals surface area contributed by atoms with E-state index < -0.39 is 5.97 Å². The zero-order chi connectivity index (χ0) is 15.0. The number of fused-ring (bicyclic) bond motifs is 1. The molecule has 4 heteroatoms. The molecule has 1 unspecified atom stereocenters. The lowest BCUT2D eigenvalue weighted by Crippen LogP contribution is -2.31. The Morgan fingerprint density at radius 1 is 1.33 bits per heavy atom. The second kappa shape index (κ2) is 5.20. The van der Waals surface area contributed by atoms with Crippen molar-refractivity contribution in [3.05, 3.63) is 53.2 Å². The lowest BCUT2D eigenvalue weighted by atomic mass is 9.94. The van der Waals surface area contributed by atoms with E-state index in [1.165, 1.54) is 5.56 Å². The van der Waals surface area contributed by atoms with Gasteiger partial charge in [-0.05, 0) is 43.0 Å². The Morgan fingerprint density at radius 2 is 2.10 bits per heavy atom. The summed E-state index contributed by atoms with van der Waals surface area (Å²) in [6, 6.07) is 11.5. The van der Waals surface area contributed by atoms with Crippen LogP contribution in [0.1, 0.15) is 28.5 Å². The second-order valence-electron chi connectivity index (χ2n) is 5.71. The lowest BCUT2D eigenvalue weighted by molar-refractivity contribution is 0.0696. The van der Waals surface area contributed by atoms with Crippen LogP contribution in [-0.4, -0.2) is 22.6 Å². The van der Waals surface area contributed by atoms with E-state index in [4.69, 9.17) is 0 Å². The fraction of sp³-hybridized carbons (Fsp3) is 0.294. The van der Waals surface area contributed by atoms with Gasteiger partial charge in [0.05, 0.1) is 5.56 Å². The van der Waals surface area contributed by atoms with Crippen LogP contribution < -0.4 is 4.90 Å². The molecule has 2 heterocycles. The van der Waals surface area contributed by atoms with Crippen LogP contribution in [0.3, 0.4) is 0 Å². The van der Waals surface area contributed by atoms with Crippen LogP contribution in [-0.2, 0) is 6.42 Å². The molecule has 2 aromatic rings. The van der Waals surface area contributed by atoms with Gasteiger partial charge < -0.3 is 10.0 Å². The molecule has 3 rings (SSSR count). The Morgan fingerprint density at radius 3 is 2.86 bits per heavy atom. The van der Waals surface area contributed by atoms with Crippen molar-refractivity contribution in [1.29, 1.82) is 0 Å². The van der Waals surface area contributed by atoms with Gasteiger partial charge in [0.1, 0.15) is 5.82 Å². The molecule has 0 saturated heterocycles. The molecule has 0 fully saturated rings. The van der Waals surface area contributed by atoms with E-state index in [2.05, 4.69) is 28.9 Å². The first-order valence-electron chi connectivity index (χ1n) is 7.12. The average molecular weight is 282 g/mol. The highest BCUT2D eigenvalue weighted by atomic mass is 16.4. The Balaban J connectivity index is 2.10. The van der Waals surface area contributed by atoms with E-state index in [1.807, 2.05) is 19.1 Å². The van der Waals surface area contributed by atoms with Gasteiger partial charge in [0.2, 0.25) is 0 Å². The molecule has 1 aromatic heterocycles. The maximum absolute atomic E-state index is 11.3. The smallest absolute Gasteiger partial charge is 0.335 e. The zero-order valence-corrected chi connectivity index (χ0v) is 12.2. The molecule has 108 valence electrons. The number of aromatic nitrogens is 1. The average Bonchev–Trinajstić information content (AvgIpc) is 2.45. The summed E-state index contributed by atoms with van der Waals surface area (Å²) < 4.78 is 0. The molecule has 0 aliphatic carbocycles. The van der Waals surface area contributed by atoms with Crippen molar-refractivity contribution in [1.82, 2.24) is 4.98 Å². The van der Waals surface area contributed by atoms with Gasteiger partial charge in [-0.1, -0.05) is 25.1 Å². The maximum atomic E-state index is 11.3. The van der Waals surface area contributed by atoms with Crippen LogP contribution in [0, 0.1) is 12.8 Å². The summed E-state index contributed by atoms with van der Waals surface area (Å²) in [5, 5.41) is 9.23. The monoisotopic (exact) mass is 282 g/mol. The lowest BCUT2D eigenvalue weighted by Gasteiger charge is -2.34. The summed E-state index contributed by atoms with van der Waals surface area (Å²) in [6.07, 6.45) is 1.05. The quantitative estimate of drug-likeness (QED) is 0.917. The van der Waals surface area contributed by atoms with Crippen molar-refractivity contribution in [3.8, 4) is 0 Å². The topological polar surface area (TPSA) is 53.4 Å². The predicted octanol–water partition coefficient (Wildman–Crippen LogP) is 3.42. The first-order valence-corrected chi connectivity index (χ1v) is 7.12. The van der Waals surface area contributed by atoms with Gasteiger partial charge in [0.15, 0.2) is 0 Å². The minimum Gasteiger partial charge on any atom is -0.478 e. The highest BCUT2D eigenvalue weighted by molar-refractivity contribution is 5.89. The molecule has 0 spiro atoms. The number of para-hydroxylation sites is 1. The van der Waals surface area contributed by atoms with Crippen molar-refractivity contribution >= 4 is 17.5 Å². The fourth-order valence-corrected chi connectivity index (χ4v) is 2.93. The summed E-state index contributed by atoms with van der Waals surface area (Å²) in [6.45, 7) is 4.89. The summed E-state index contributed by atoms with van der Waals surface area (Å²) in [5.41, 5.74) is 3.43. The molecule has 0 amide bonds. The standard InChI is InChI=1S/C17H18N2O2/c1-11-7-13-5-3-4-6-15(13)19(10-11)16-9-14(17(20)21)8-12(2)18-16/h3-6,8-9,11H,7,10H2,1-2H3,(H,20,21). The number of carboxylic acid groups (broad SMARTS) is 1. The molecule has 1 atom stereocenters. The van der Waals surface area contributed by atoms with Crippen LogP contribution in [0.15, 0.2) is 36.4 Å². The number of pyridine rings is 1. The third-order valence-corrected chi connectivity index (χ3v) is 3.81. The van der Waals surface area contributed by atoms with Gasteiger partial charge in [-0.3, -0.25) is 0 Å². The SMILES string of the molecule is Cc1cc(C(=O)O)cc(N2CC(C)Cc3ccccc32)n1. The van der Waals surface area contributed by atoms with Crippen LogP contribution in [0.25, 0.3) is 0 Å². The van der Waals surface area contributed by atoms with E-state index in [1.54, 1.807) is 12.1 Å². The molecule has 21 heavy (non-hydrogen) atoms. The van der Waals surface area contributed by atoms with Crippen LogP contribution in [0.4, 0.5) is 11.5 Å². The molecular weight excluding hydrogens is 264 g/mol. The largest absolute Gasteiger partial charge is 0.478 e. The summed E-state index contributed by atoms with van der Waals surface area (Å²) in [4.78, 5) is 17.9. The number of hydrogen-bond donors (Lipinski definition) is 1. The Labute approximate surface area is 124 Å². The van der Waals surface area contributed by atoms with Gasteiger partial charge in [-0.2, -0.15) is 0 Å². The number of benzene rings is 1. The fourth-order valence-electron chi connectivity index (χ4n) is 2.93. The number of hydrogen-bond acceptors (Lipinski definition) is 3. The summed E-state index contributed by atoms with van der Waals surface area (Å²) in [5.74, 6) is 0.307.